The maximum absolute atomic E-state index is 12.8. The van der Waals surface area contributed by atoms with Crippen LogP contribution in [-0.2, 0) is 6.54 Å². The molecule has 2 heterocycles. The van der Waals surface area contributed by atoms with Crippen LogP contribution in [0.25, 0.3) is 11.0 Å². The van der Waals surface area contributed by atoms with Gasteiger partial charge in [-0.2, -0.15) is 0 Å². The number of para-hydroxylation sites is 1. The highest BCUT2D eigenvalue weighted by Crippen LogP contribution is 2.21. The minimum Gasteiger partial charge on any atom is -0.493 e. The summed E-state index contributed by atoms with van der Waals surface area (Å²) in [5, 5.41) is 9.03. The van der Waals surface area contributed by atoms with Crippen LogP contribution in [0.1, 0.15) is 31.0 Å². The van der Waals surface area contributed by atoms with E-state index in [9.17, 15) is 4.79 Å². The summed E-state index contributed by atoms with van der Waals surface area (Å²) >= 11 is 4.87. The Bertz CT molecular complexity index is 1240. The molecule has 0 amide bonds. The Morgan fingerprint density at radius 2 is 1.94 bits per heavy atom. The second-order valence-corrected chi connectivity index (χ2v) is 9.27. The van der Waals surface area contributed by atoms with Gasteiger partial charge < -0.3 is 9.72 Å². The number of nitrogens with one attached hydrogen (secondary N) is 1. The predicted molar refractivity (Wildman–Crippen MR) is 126 cm³/mol. The first-order valence-electron chi connectivity index (χ1n) is 9.94. The van der Waals surface area contributed by atoms with Gasteiger partial charge in [0, 0.05) is 15.8 Å². The molecular weight excluding hydrogens is 478 g/mol. The molecule has 0 bridgehead atoms. The number of fused-ring (bicyclic) bond motifs is 1. The fraction of sp³-hybridized carbons (Fsp3) is 0.273. The van der Waals surface area contributed by atoms with Gasteiger partial charge in [0.05, 0.1) is 24.4 Å². The molecule has 1 N–H and O–H groups in total. The van der Waals surface area contributed by atoms with E-state index in [4.69, 9.17) is 9.72 Å². The molecule has 0 spiro atoms. The van der Waals surface area contributed by atoms with Crippen molar-refractivity contribution in [2.24, 2.45) is 0 Å². The molecule has 2 aromatic heterocycles. The van der Waals surface area contributed by atoms with Gasteiger partial charge in [-0.15, -0.1) is 5.10 Å². The van der Waals surface area contributed by atoms with Gasteiger partial charge in [0.15, 0.2) is 5.16 Å². The Hall–Kier alpha value is -2.65. The quantitative estimate of drug-likeness (QED) is 0.216. The van der Waals surface area contributed by atoms with Crippen molar-refractivity contribution in [2.75, 3.05) is 12.4 Å². The van der Waals surface area contributed by atoms with Crippen LogP contribution < -0.4 is 10.3 Å². The topological polar surface area (TPSA) is 85.7 Å². The number of nitrogens with zero attached hydrogens (tertiary/aromatic N) is 4. The molecule has 4 aromatic rings. The lowest BCUT2D eigenvalue weighted by atomic mass is 10.0. The number of ether oxygens (including phenoxy) is 1. The predicted octanol–water partition coefficient (Wildman–Crippen LogP) is 4.62. The van der Waals surface area contributed by atoms with Crippen LogP contribution in [0.5, 0.6) is 5.75 Å². The number of hydrogen-bond donors (Lipinski definition) is 1. The lowest BCUT2D eigenvalue weighted by molar-refractivity contribution is 0.344. The third-order valence-corrected chi connectivity index (χ3v) is 6.08. The second-order valence-electron chi connectivity index (χ2n) is 7.27. The van der Waals surface area contributed by atoms with E-state index < -0.39 is 0 Å². The van der Waals surface area contributed by atoms with Crippen LogP contribution in [-0.4, -0.2) is 37.3 Å². The minimum atomic E-state index is -0.110. The summed E-state index contributed by atoms with van der Waals surface area (Å²) in [7, 11) is 0. The Balaban J connectivity index is 1.50. The number of rotatable bonds is 8. The van der Waals surface area contributed by atoms with Gasteiger partial charge in [-0.05, 0) is 42.3 Å². The Morgan fingerprint density at radius 3 is 2.71 bits per heavy atom. The molecule has 7 nitrogen and oxygen atoms in total. The largest absolute Gasteiger partial charge is 0.493 e. The summed E-state index contributed by atoms with van der Waals surface area (Å²) in [6.07, 6.45) is 0. The molecule has 9 heteroatoms. The number of thioether (sulfide) groups is 1. The van der Waals surface area contributed by atoms with E-state index in [2.05, 4.69) is 31.2 Å². The van der Waals surface area contributed by atoms with Crippen molar-refractivity contribution in [2.45, 2.75) is 31.5 Å². The van der Waals surface area contributed by atoms with E-state index in [1.54, 1.807) is 4.68 Å². The number of H-pyrrole nitrogens is 1. The van der Waals surface area contributed by atoms with Gasteiger partial charge in [-0.3, -0.25) is 4.79 Å². The Labute approximate surface area is 192 Å². The van der Waals surface area contributed by atoms with Crippen molar-refractivity contribution < 1.29 is 4.74 Å². The van der Waals surface area contributed by atoms with Gasteiger partial charge in [-0.1, -0.05) is 58.9 Å². The first kappa shape index (κ1) is 21.6. The van der Waals surface area contributed by atoms with Gasteiger partial charge in [0.25, 0.3) is 5.56 Å². The normalized spacial score (nSPS) is 11.4. The minimum absolute atomic E-state index is 0.0424. The highest BCUT2D eigenvalue weighted by atomic mass is 79.9. The van der Waals surface area contributed by atoms with E-state index in [0.717, 1.165) is 21.3 Å². The molecule has 0 aliphatic heterocycles. The van der Waals surface area contributed by atoms with E-state index in [-0.39, 0.29) is 11.5 Å². The molecular formula is C22H22BrN5O2S. The third-order valence-electron chi connectivity index (χ3n) is 4.71. The molecule has 0 unspecified atom stereocenters. The molecule has 2 aromatic carbocycles. The van der Waals surface area contributed by atoms with Crippen molar-refractivity contribution in [1.29, 1.82) is 0 Å². The van der Waals surface area contributed by atoms with Crippen LogP contribution in [0.15, 0.2) is 63.0 Å². The van der Waals surface area contributed by atoms with Gasteiger partial charge in [0.2, 0.25) is 0 Å². The highest BCUT2D eigenvalue weighted by molar-refractivity contribution is 9.10. The maximum Gasteiger partial charge on any atom is 0.255 e. The number of hydrogen-bond acceptors (Lipinski definition) is 6. The zero-order valence-corrected chi connectivity index (χ0v) is 19.6. The summed E-state index contributed by atoms with van der Waals surface area (Å²) in [5.74, 6) is 1.51. The average molecular weight is 500 g/mol. The first-order chi connectivity index (χ1) is 15.0. The van der Waals surface area contributed by atoms with Crippen LogP contribution >= 0.6 is 27.7 Å². The van der Waals surface area contributed by atoms with Crippen molar-refractivity contribution in [3.63, 3.8) is 0 Å². The fourth-order valence-electron chi connectivity index (χ4n) is 3.30. The zero-order chi connectivity index (χ0) is 21.8. The van der Waals surface area contributed by atoms with Crippen molar-refractivity contribution in [3.05, 3.63) is 74.6 Å². The SMILES string of the molecule is CC(C)c1c(Cn2nnc3ccccc32)nc(SCCOc2ccc(Br)cc2)[nH]c1=O. The summed E-state index contributed by atoms with van der Waals surface area (Å²) in [6.45, 7) is 4.88. The number of benzene rings is 2. The molecule has 0 atom stereocenters. The summed E-state index contributed by atoms with van der Waals surface area (Å²) in [5.41, 5.74) is 3.01. The van der Waals surface area contributed by atoms with E-state index in [1.807, 2.05) is 62.4 Å². The molecule has 0 aliphatic rings. The first-order valence-corrected chi connectivity index (χ1v) is 11.7. The van der Waals surface area contributed by atoms with Gasteiger partial charge in [-0.25, -0.2) is 9.67 Å². The Morgan fingerprint density at radius 1 is 1.16 bits per heavy atom. The smallest absolute Gasteiger partial charge is 0.255 e. The lowest BCUT2D eigenvalue weighted by Crippen LogP contribution is -2.22. The van der Waals surface area contributed by atoms with Crippen LogP contribution in [0.3, 0.4) is 0 Å². The standard InChI is InChI=1S/C22H22BrN5O2S/c1-14(2)20-18(13-28-19-6-4-3-5-17(19)26-27-28)24-22(25-21(20)29)31-12-11-30-16-9-7-15(23)8-10-16/h3-10,14H,11-13H2,1-2H3,(H,24,25,29). The van der Waals surface area contributed by atoms with Gasteiger partial charge >= 0.3 is 0 Å². The van der Waals surface area contributed by atoms with E-state index in [0.29, 0.717) is 35.3 Å². The van der Waals surface area contributed by atoms with Crippen LogP contribution in [0, 0.1) is 0 Å². The number of aromatic amines is 1. The van der Waals surface area contributed by atoms with Gasteiger partial charge in [0.1, 0.15) is 11.3 Å². The number of aromatic nitrogens is 5. The molecule has 31 heavy (non-hydrogen) atoms. The molecule has 0 radical (unpaired) electrons. The highest BCUT2D eigenvalue weighted by Gasteiger charge is 2.17. The molecule has 0 saturated heterocycles. The Kier molecular flexibility index (Phi) is 6.72. The summed E-state index contributed by atoms with van der Waals surface area (Å²) in [6, 6.07) is 15.5. The lowest BCUT2D eigenvalue weighted by Gasteiger charge is -2.13. The van der Waals surface area contributed by atoms with Crippen molar-refractivity contribution in [3.8, 4) is 5.75 Å². The number of halogens is 1. The summed E-state index contributed by atoms with van der Waals surface area (Å²) in [4.78, 5) is 20.5. The molecule has 4 rings (SSSR count). The summed E-state index contributed by atoms with van der Waals surface area (Å²) < 4.78 is 8.55. The monoisotopic (exact) mass is 499 g/mol. The zero-order valence-electron chi connectivity index (χ0n) is 17.2. The van der Waals surface area contributed by atoms with Crippen LogP contribution in [0.4, 0.5) is 0 Å². The van der Waals surface area contributed by atoms with Crippen LogP contribution in [0.2, 0.25) is 0 Å². The fourth-order valence-corrected chi connectivity index (χ4v) is 4.26. The average Bonchev–Trinajstić information content (AvgIpc) is 3.15. The third kappa shape index (κ3) is 5.16. The van der Waals surface area contributed by atoms with Crippen molar-refractivity contribution >= 4 is 38.7 Å². The second kappa shape index (κ2) is 9.65. The van der Waals surface area contributed by atoms with E-state index >= 15 is 0 Å². The maximum atomic E-state index is 12.8. The van der Waals surface area contributed by atoms with Crippen molar-refractivity contribution in [1.82, 2.24) is 25.0 Å². The molecule has 0 aliphatic carbocycles. The van der Waals surface area contributed by atoms with E-state index in [1.165, 1.54) is 11.8 Å². The molecule has 160 valence electrons. The molecule has 0 fully saturated rings. The molecule has 0 saturated carbocycles.